The summed E-state index contributed by atoms with van der Waals surface area (Å²) in [7, 11) is 0. The maximum atomic E-state index is 13.5. The number of rotatable bonds is 5. The summed E-state index contributed by atoms with van der Waals surface area (Å²) in [5.41, 5.74) is 0.708. The van der Waals surface area contributed by atoms with Gasteiger partial charge in [-0.25, -0.2) is 14.2 Å². The van der Waals surface area contributed by atoms with Crippen molar-refractivity contribution in [1.82, 2.24) is 15.3 Å². The smallest absolute Gasteiger partial charge is 0.326 e. The Morgan fingerprint density at radius 1 is 1.43 bits per heavy atom. The van der Waals surface area contributed by atoms with Crippen molar-refractivity contribution < 1.29 is 19.1 Å². The lowest BCUT2D eigenvalue weighted by Crippen LogP contribution is -2.41. The molecule has 0 saturated carbocycles. The van der Waals surface area contributed by atoms with Crippen LogP contribution in [-0.2, 0) is 4.79 Å². The molecule has 6 nitrogen and oxygen atoms in total. The van der Waals surface area contributed by atoms with E-state index in [0.717, 1.165) is 6.07 Å². The molecular formula is C14H16FN3O3. The maximum Gasteiger partial charge on any atom is 0.326 e. The average Bonchev–Trinajstić information content (AvgIpc) is 2.83. The highest BCUT2D eigenvalue weighted by Gasteiger charge is 2.23. The molecule has 0 unspecified atom stereocenters. The number of nitrogens with one attached hydrogen (secondary N) is 2. The fourth-order valence-electron chi connectivity index (χ4n) is 2.12. The van der Waals surface area contributed by atoms with E-state index >= 15 is 0 Å². The Morgan fingerprint density at radius 2 is 2.14 bits per heavy atom. The molecule has 0 saturated heterocycles. The topological polar surface area (TPSA) is 95.1 Å². The number of benzene rings is 1. The fourth-order valence-corrected chi connectivity index (χ4v) is 2.12. The van der Waals surface area contributed by atoms with Gasteiger partial charge in [-0.3, -0.25) is 4.79 Å². The number of halogens is 1. The number of nitrogens with zero attached hydrogens (tertiary/aromatic N) is 1. The number of carboxylic acid groups (broad SMARTS) is 1. The summed E-state index contributed by atoms with van der Waals surface area (Å²) in [6.45, 7) is 3.71. The molecule has 0 radical (unpaired) electrons. The average molecular weight is 293 g/mol. The first-order chi connectivity index (χ1) is 9.88. The van der Waals surface area contributed by atoms with Crippen molar-refractivity contribution in [3.8, 4) is 0 Å². The zero-order chi connectivity index (χ0) is 15.6. The molecule has 2 rings (SSSR count). The van der Waals surface area contributed by atoms with Gasteiger partial charge in [-0.15, -0.1) is 0 Å². The zero-order valence-corrected chi connectivity index (χ0v) is 11.7. The van der Waals surface area contributed by atoms with Crippen LogP contribution >= 0.6 is 0 Å². The molecule has 1 aromatic heterocycles. The molecule has 1 atom stereocenters. The van der Waals surface area contributed by atoms with E-state index in [1.807, 2.05) is 13.8 Å². The molecule has 1 heterocycles. The van der Waals surface area contributed by atoms with Crippen molar-refractivity contribution in [2.45, 2.75) is 26.3 Å². The SMILES string of the molecule is CC(C)C[C@H](NC(=O)c1cc(F)cc2[nH]cnc12)C(=O)O. The zero-order valence-electron chi connectivity index (χ0n) is 11.7. The first-order valence-corrected chi connectivity index (χ1v) is 6.54. The van der Waals surface area contributed by atoms with Crippen molar-refractivity contribution >= 4 is 22.9 Å². The second kappa shape index (κ2) is 5.90. The predicted octanol–water partition coefficient (Wildman–Crippen LogP) is 1.93. The van der Waals surface area contributed by atoms with Crippen molar-refractivity contribution in [2.75, 3.05) is 0 Å². The summed E-state index contributed by atoms with van der Waals surface area (Å²) >= 11 is 0. The lowest BCUT2D eigenvalue weighted by molar-refractivity contribution is -0.139. The van der Waals surface area contributed by atoms with Crippen molar-refractivity contribution in [3.05, 3.63) is 29.8 Å². The van der Waals surface area contributed by atoms with Crippen LogP contribution in [0.15, 0.2) is 18.5 Å². The van der Waals surface area contributed by atoms with E-state index in [-0.39, 0.29) is 11.5 Å². The number of amides is 1. The Bertz CT molecular complexity index is 681. The highest BCUT2D eigenvalue weighted by Crippen LogP contribution is 2.17. The highest BCUT2D eigenvalue weighted by molar-refractivity contribution is 6.05. The number of hydrogen-bond acceptors (Lipinski definition) is 3. The summed E-state index contributed by atoms with van der Waals surface area (Å²) in [6, 6.07) is 1.25. The van der Waals surface area contributed by atoms with Crippen LogP contribution in [-0.4, -0.2) is 33.0 Å². The molecule has 7 heteroatoms. The number of aliphatic carboxylic acids is 1. The third-order valence-corrected chi connectivity index (χ3v) is 3.04. The van der Waals surface area contributed by atoms with E-state index in [1.165, 1.54) is 12.4 Å². The molecular weight excluding hydrogens is 277 g/mol. The van der Waals surface area contributed by atoms with Gasteiger partial charge in [0.2, 0.25) is 0 Å². The third kappa shape index (κ3) is 3.36. The number of aromatic nitrogens is 2. The first-order valence-electron chi connectivity index (χ1n) is 6.54. The third-order valence-electron chi connectivity index (χ3n) is 3.04. The van der Waals surface area contributed by atoms with Crippen LogP contribution in [0, 0.1) is 11.7 Å². The van der Waals surface area contributed by atoms with Crippen LogP contribution in [0.1, 0.15) is 30.6 Å². The van der Waals surface area contributed by atoms with Gasteiger partial charge in [0.1, 0.15) is 17.4 Å². The monoisotopic (exact) mass is 293 g/mol. The normalized spacial score (nSPS) is 12.6. The number of carbonyl (C=O) groups is 2. The van der Waals surface area contributed by atoms with Gasteiger partial charge >= 0.3 is 5.97 Å². The van der Waals surface area contributed by atoms with Gasteiger partial charge in [0, 0.05) is 0 Å². The number of imidazole rings is 1. The van der Waals surface area contributed by atoms with Crippen molar-refractivity contribution in [3.63, 3.8) is 0 Å². The van der Waals surface area contributed by atoms with E-state index < -0.39 is 23.7 Å². The molecule has 3 N–H and O–H groups in total. The van der Waals surface area contributed by atoms with Gasteiger partial charge in [-0.05, 0) is 24.5 Å². The summed E-state index contributed by atoms with van der Waals surface area (Å²) < 4.78 is 13.5. The first kappa shape index (κ1) is 15.0. The van der Waals surface area contributed by atoms with E-state index in [2.05, 4.69) is 15.3 Å². The maximum absolute atomic E-state index is 13.5. The van der Waals surface area contributed by atoms with Crippen LogP contribution in [0.25, 0.3) is 11.0 Å². The molecule has 1 amide bonds. The van der Waals surface area contributed by atoms with Crippen LogP contribution in [0.2, 0.25) is 0 Å². The lowest BCUT2D eigenvalue weighted by atomic mass is 10.0. The van der Waals surface area contributed by atoms with Crippen LogP contribution in [0.5, 0.6) is 0 Å². The number of hydrogen-bond donors (Lipinski definition) is 3. The van der Waals surface area contributed by atoms with Gasteiger partial charge in [-0.1, -0.05) is 13.8 Å². The molecule has 112 valence electrons. The molecule has 1 aromatic carbocycles. The molecule has 2 aromatic rings. The molecule has 0 fully saturated rings. The number of carboxylic acids is 1. The van der Waals surface area contributed by atoms with Gasteiger partial charge < -0.3 is 15.4 Å². The van der Waals surface area contributed by atoms with Crippen LogP contribution in [0.3, 0.4) is 0 Å². The summed E-state index contributed by atoms with van der Waals surface area (Å²) in [5, 5.41) is 11.5. The Labute approximate surface area is 120 Å². The van der Waals surface area contributed by atoms with E-state index in [4.69, 9.17) is 5.11 Å². The molecule has 0 aliphatic carbocycles. The molecule has 0 spiro atoms. The van der Waals surface area contributed by atoms with Gasteiger partial charge in [0.25, 0.3) is 5.91 Å². The molecule has 0 bridgehead atoms. The highest BCUT2D eigenvalue weighted by atomic mass is 19.1. The predicted molar refractivity (Wildman–Crippen MR) is 74.4 cm³/mol. The number of fused-ring (bicyclic) bond motifs is 1. The van der Waals surface area contributed by atoms with Gasteiger partial charge in [0.05, 0.1) is 17.4 Å². The minimum absolute atomic E-state index is 0.0151. The Kier molecular flexibility index (Phi) is 4.21. The summed E-state index contributed by atoms with van der Waals surface area (Å²) in [4.78, 5) is 30.1. The Hall–Kier alpha value is -2.44. The number of carbonyl (C=O) groups excluding carboxylic acids is 1. The molecule has 0 aliphatic rings. The lowest BCUT2D eigenvalue weighted by Gasteiger charge is -2.16. The summed E-state index contributed by atoms with van der Waals surface area (Å²) in [6.07, 6.45) is 1.64. The molecule has 21 heavy (non-hydrogen) atoms. The number of H-pyrrole nitrogens is 1. The van der Waals surface area contributed by atoms with Crippen molar-refractivity contribution in [1.29, 1.82) is 0 Å². The standard InChI is InChI=1S/C14H16FN3O3/c1-7(2)3-11(14(20)21)18-13(19)9-4-8(15)5-10-12(9)17-6-16-10/h4-7,11H,3H2,1-2H3,(H,16,17)(H,18,19)(H,20,21)/t11-/m0/s1. The summed E-state index contributed by atoms with van der Waals surface area (Å²) in [5.74, 6) is -2.26. The Balaban J connectivity index is 2.29. The van der Waals surface area contributed by atoms with Crippen molar-refractivity contribution in [2.24, 2.45) is 5.92 Å². The second-order valence-electron chi connectivity index (χ2n) is 5.25. The number of aromatic amines is 1. The van der Waals surface area contributed by atoms with Gasteiger partial charge in [0.15, 0.2) is 0 Å². The van der Waals surface area contributed by atoms with Gasteiger partial charge in [-0.2, -0.15) is 0 Å². The largest absolute Gasteiger partial charge is 0.480 e. The van der Waals surface area contributed by atoms with E-state index in [1.54, 1.807) is 0 Å². The molecule has 0 aliphatic heterocycles. The quantitative estimate of drug-likeness (QED) is 0.785. The van der Waals surface area contributed by atoms with Crippen LogP contribution in [0.4, 0.5) is 4.39 Å². The minimum atomic E-state index is -1.12. The second-order valence-corrected chi connectivity index (χ2v) is 5.25. The Morgan fingerprint density at radius 3 is 2.76 bits per heavy atom. The minimum Gasteiger partial charge on any atom is -0.480 e. The van der Waals surface area contributed by atoms with Crippen LogP contribution < -0.4 is 5.32 Å². The van der Waals surface area contributed by atoms with E-state index in [9.17, 15) is 14.0 Å². The van der Waals surface area contributed by atoms with E-state index in [0.29, 0.717) is 17.5 Å². The fraction of sp³-hybridized carbons (Fsp3) is 0.357.